The standard InChI is InChI=1S/C44H29N5/c1-2-13-29(14-3-1)42-46-43(48-44(47-42)38-24-22-28-12-6-10-20-37(28)45-38)35-23-25-40(33-18-8-7-17-32(33)35)49-39-21-11-9-19-34(39)36-26-30-15-4-5-16-31(30)27-41(36)49/h1-27,43H,(H,46,47,48). The van der Waals surface area contributed by atoms with Crippen molar-refractivity contribution in [2.45, 2.75) is 6.17 Å². The molecule has 1 N–H and O–H groups in total. The summed E-state index contributed by atoms with van der Waals surface area (Å²) in [4.78, 5) is 15.2. The Kier molecular flexibility index (Phi) is 6.18. The first-order valence-corrected chi connectivity index (χ1v) is 16.6. The lowest BCUT2D eigenvalue weighted by Gasteiger charge is -2.25. The van der Waals surface area contributed by atoms with Gasteiger partial charge in [0.05, 0.1) is 22.2 Å². The molecule has 0 fully saturated rings. The third-order valence-corrected chi connectivity index (χ3v) is 9.63. The Morgan fingerprint density at radius 3 is 2.06 bits per heavy atom. The van der Waals surface area contributed by atoms with Gasteiger partial charge < -0.3 is 9.88 Å². The van der Waals surface area contributed by atoms with Gasteiger partial charge in [-0.3, -0.25) is 0 Å². The number of nitrogens with zero attached hydrogens (tertiary/aromatic N) is 4. The summed E-state index contributed by atoms with van der Waals surface area (Å²) in [6.45, 7) is 0. The largest absolute Gasteiger partial charge is 0.343 e. The molecule has 10 rings (SSSR count). The van der Waals surface area contributed by atoms with Gasteiger partial charge >= 0.3 is 0 Å². The maximum Gasteiger partial charge on any atom is 0.159 e. The van der Waals surface area contributed by atoms with E-state index >= 15 is 0 Å². The lowest BCUT2D eigenvalue weighted by atomic mass is 9.99. The molecule has 5 heteroatoms. The Morgan fingerprint density at radius 2 is 1.20 bits per heavy atom. The van der Waals surface area contributed by atoms with Crippen molar-refractivity contribution in [2.24, 2.45) is 9.98 Å². The number of hydrogen-bond acceptors (Lipinski definition) is 4. The normalized spacial score (nSPS) is 14.7. The van der Waals surface area contributed by atoms with Gasteiger partial charge in [0.1, 0.15) is 11.9 Å². The molecule has 1 unspecified atom stereocenters. The summed E-state index contributed by atoms with van der Waals surface area (Å²) in [5, 5.41) is 12.0. The molecular formula is C44H29N5. The van der Waals surface area contributed by atoms with Crippen LogP contribution in [-0.2, 0) is 0 Å². The smallest absolute Gasteiger partial charge is 0.159 e. The maximum absolute atomic E-state index is 5.22. The molecule has 5 nitrogen and oxygen atoms in total. The highest BCUT2D eigenvalue weighted by Gasteiger charge is 2.25. The van der Waals surface area contributed by atoms with Crippen molar-refractivity contribution < 1.29 is 0 Å². The second-order valence-corrected chi connectivity index (χ2v) is 12.5. The Morgan fingerprint density at radius 1 is 0.510 bits per heavy atom. The summed E-state index contributed by atoms with van der Waals surface area (Å²) in [6, 6.07) is 57.6. The lowest BCUT2D eigenvalue weighted by Crippen LogP contribution is -2.34. The van der Waals surface area contributed by atoms with Crippen molar-refractivity contribution in [3.05, 3.63) is 181 Å². The minimum absolute atomic E-state index is 0.378. The van der Waals surface area contributed by atoms with Crippen molar-refractivity contribution in [3.8, 4) is 5.69 Å². The second-order valence-electron chi connectivity index (χ2n) is 12.5. The lowest BCUT2D eigenvalue weighted by molar-refractivity contribution is 0.678. The van der Waals surface area contributed by atoms with E-state index in [9.17, 15) is 0 Å². The molecule has 0 radical (unpaired) electrons. The van der Waals surface area contributed by atoms with Crippen molar-refractivity contribution in [1.29, 1.82) is 0 Å². The van der Waals surface area contributed by atoms with Gasteiger partial charge in [0.2, 0.25) is 0 Å². The summed E-state index contributed by atoms with van der Waals surface area (Å²) in [6.07, 6.45) is -0.378. The molecule has 2 aromatic heterocycles. The van der Waals surface area contributed by atoms with Gasteiger partial charge in [-0.05, 0) is 52.6 Å². The number of para-hydroxylation sites is 2. The van der Waals surface area contributed by atoms with Crippen molar-refractivity contribution in [2.75, 3.05) is 0 Å². The summed E-state index contributed by atoms with van der Waals surface area (Å²) in [7, 11) is 0. The zero-order valence-corrected chi connectivity index (χ0v) is 26.5. The van der Waals surface area contributed by atoms with Gasteiger partial charge in [-0.1, -0.05) is 127 Å². The van der Waals surface area contributed by atoms with Crippen LogP contribution in [0.3, 0.4) is 0 Å². The molecule has 1 atom stereocenters. The van der Waals surface area contributed by atoms with Crippen LogP contribution in [0, 0.1) is 0 Å². The molecule has 0 bridgehead atoms. The van der Waals surface area contributed by atoms with E-state index in [0.717, 1.165) is 44.2 Å². The molecule has 9 aromatic rings. The van der Waals surface area contributed by atoms with Gasteiger partial charge in [-0.25, -0.2) is 15.0 Å². The average molecular weight is 628 g/mol. The number of aliphatic imine (C=N–C) groups is 2. The van der Waals surface area contributed by atoms with E-state index in [2.05, 4.69) is 131 Å². The van der Waals surface area contributed by atoms with Crippen molar-refractivity contribution in [1.82, 2.24) is 14.9 Å². The van der Waals surface area contributed by atoms with E-state index in [-0.39, 0.29) is 6.17 Å². The van der Waals surface area contributed by atoms with E-state index in [4.69, 9.17) is 15.0 Å². The van der Waals surface area contributed by atoms with E-state index in [1.165, 1.54) is 32.6 Å². The van der Waals surface area contributed by atoms with E-state index in [1.54, 1.807) is 0 Å². The van der Waals surface area contributed by atoms with Crippen LogP contribution in [0.4, 0.5) is 0 Å². The van der Waals surface area contributed by atoms with E-state index in [0.29, 0.717) is 11.7 Å². The summed E-state index contributed by atoms with van der Waals surface area (Å²) in [5.74, 6) is 1.38. The van der Waals surface area contributed by atoms with E-state index in [1.807, 2.05) is 42.5 Å². The van der Waals surface area contributed by atoms with Gasteiger partial charge in [0, 0.05) is 32.7 Å². The third kappa shape index (κ3) is 4.51. The Hall–Kier alpha value is -6.59. The van der Waals surface area contributed by atoms with Gasteiger partial charge in [0.15, 0.2) is 11.7 Å². The fraction of sp³-hybridized carbons (Fsp3) is 0.0227. The highest BCUT2D eigenvalue weighted by atomic mass is 15.2. The molecule has 3 heterocycles. The van der Waals surface area contributed by atoms with Crippen LogP contribution >= 0.6 is 0 Å². The topological polar surface area (TPSA) is 54.6 Å². The first-order chi connectivity index (χ1) is 24.3. The molecule has 0 saturated carbocycles. The zero-order valence-electron chi connectivity index (χ0n) is 26.5. The average Bonchev–Trinajstić information content (AvgIpc) is 3.49. The summed E-state index contributed by atoms with van der Waals surface area (Å²) >= 11 is 0. The summed E-state index contributed by atoms with van der Waals surface area (Å²) < 4.78 is 2.42. The number of rotatable bonds is 4. The zero-order chi connectivity index (χ0) is 32.3. The number of benzene rings is 7. The number of amidine groups is 2. The number of fused-ring (bicyclic) bond motifs is 6. The molecule has 7 aromatic carbocycles. The maximum atomic E-state index is 5.22. The molecule has 0 saturated heterocycles. The number of pyridine rings is 1. The first kappa shape index (κ1) is 27.5. The summed E-state index contributed by atoms with van der Waals surface area (Å²) in [5.41, 5.74) is 7.26. The van der Waals surface area contributed by atoms with E-state index < -0.39 is 0 Å². The first-order valence-electron chi connectivity index (χ1n) is 16.6. The monoisotopic (exact) mass is 627 g/mol. The third-order valence-electron chi connectivity index (χ3n) is 9.63. The van der Waals surface area contributed by atoms with Crippen LogP contribution in [0.2, 0.25) is 0 Å². The molecule has 0 aliphatic carbocycles. The number of nitrogens with one attached hydrogen (secondary N) is 1. The molecular weight excluding hydrogens is 599 g/mol. The molecule has 1 aliphatic heterocycles. The SMILES string of the molecule is c1ccc(C2=NC(c3ccc(-n4c5ccccc5c5cc6ccccc6cc54)c4ccccc34)NC(c3ccc4ccccc4n3)=N2)cc1. The molecule has 49 heavy (non-hydrogen) atoms. The number of hydrogen-bond donors (Lipinski definition) is 1. The van der Waals surface area contributed by atoms with Crippen molar-refractivity contribution in [3.63, 3.8) is 0 Å². The quantitative estimate of drug-likeness (QED) is 0.211. The van der Waals surface area contributed by atoms with Crippen LogP contribution in [0.5, 0.6) is 0 Å². The highest BCUT2D eigenvalue weighted by molar-refractivity contribution is 6.15. The predicted molar refractivity (Wildman–Crippen MR) is 203 cm³/mol. The molecule has 230 valence electrons. The van der Waals surface area contributed by atoms with Gasteiger partial charge in [-0.15, -0.1) is 0 Å². The Balaban J connectivity index is 1.17. The van der Waals surface area contributed by atoms with Crippen molar-refractivity contribution >= 4 is 65.9 Å². The van der Waals surface area contributed by atoms with Crippen LogP contribution in [0.15, 0.2) is 174 Å². The van der Waals surface area contributed by atoms with Gasteiger partial charge in [0.25, 0.3) is 0 Å². The molecule has 1 aliphatic rings. The Bertz CT molecular complexity index is 2810. The van der Waals surface area contributed by atoms with Crippen LogP contribution < -0.4 is 5.32 Å². The highest BCUT2D eigenvalue weighted by Crippen LogP contribution is 2.38. The second kappa shape index (κ2) is 11.0. The molecule has 0 amide bonds. The minimum Gasteiger partial charge on any atom is -0.343 e. The minimum atomic E-state index is -0.378. The van der Waals surface area contributed by atoms with Crippen LogP contribution in [0.1, 0.15) is 23.0 Å². The molecule has 0 spiro atoms. The fourth-order valence-corrected chi connectivity index (χ4v) is 7.31. The fourth-order valence-electron chi connectivity index (χ4n) is 7.31. The Labute approximate surface area is 282 Å². The predicted octanol–water partition coefficient (Wildman–Crippen LogP) is 10.1. The van der Waals surface area contributed by atoms with Gasteiger partial charge in [-0.2, -0.15) is 0 Å². The van der Waals surface area contributed by atoms with Crippen LogP contribution in [-0.4, -0.2) is 21.2 Å². The number of aromatic nitrogens is 2. The van der Waals surface area contributed by atoms with Crippen LogP contribution in [0.25, 0.3) is 59.9 Å².